The number of nitrogens with one attached hydrogen (secondary N) is 2. The van der Waals surface area contributed by atoms with Gasteiger partial charge in [0.15, 0.2) is 0 Å². The molecule has 22 heavy (non-hydrogen) atoms. The number of carbonyl (C=O) groups excluding carboxylic acids is 1. The molecule has 0 aliphatic heterocycles. The molecule has 2 aromatic rings. The monoisotopic (exact) mass is 294 g/mol. The molecule has 3 rings (SSSR count). The molecule has 3 heteroatoms. The van der Waals surface area contributed by atoms with E-state index in [0.29, 0.717) is 0 Å². The lowest BCUT2D eigenvalue weighted by Crippen LogP contribution is -2.27. The summed E-state index contributed by atoms with van der Waals surface area (Å²) in [7, 11) is 0. The molecule has 1 aliphatic carbocycles. The van der Waals surface area contributed by atoms with Gasteiger partial charge >= 0.3 is 0 Å². The molecule has 0 aromatic heterocycles. The van der Waals surface area contributed by atoms with Crippen LogP contribution in [0.4, 0.5) is 17.1 Å². The lowest BCUT2D eigenvalue weighted by Gasteiger charge is -2.24. The number of aryl methyl sites for hydroxylation is 1. The molecule has 2 N–H and O–H groups in total. The first-order valence-corrected chi connectivity index (χ1v) is 8.02. The van der Waals surface area contributed by atoms with Crippen LogP contribution in [-0.2, 0) is 11.2 Å². The van der Waals surface area contributed by atoms with Crippen molar-refractivity contribution in [2.24, 2.45) is 5.92 Å². The number of para-hydroxylation sites is 1. The number of hydrogen-bond acceptors (Lipinski definition) is 2. The summed E-state index contributed by atoms with van der Waals surface area (Å²) < 4.78 is 0. The van der Waals surface area contributed by atoms with Crippen molar-refractivity contribution in [3.63, 3.8) is 0 Å². The summed E-state index contributed by atoms with van der Waals surface area (Å²) in [6.45, 7) is 2.15. The standard InChI is InChI=1S/C19H22N2O/c1-2-14-6-3-4-9-18(14)20-16-10-12-17(13-11-16)21-19(22)15-7-5-8-15/h3-4,6,9-13,15,20H,2,5,7-8H2,1H3,(H,21,22). The lowest BCUT2D eigenvalue weighted by atomic mass is 9.85. The highest BCUT2D eigenvalue weighted by atomic mass is 16.1. The number of hydrogen-bond donors (Lipinski definition) is 2. The molecule has 1 saturated carbocycles. The van der Waals surface area contributed by atoms with Gasteiger partial charge in [-0.1, -0.05) is 31.5 Å². The van der Waals surface area contributed by atoms with Gasteiger partial charge in [-0.3, -0.25) is 4.79 Å². The Morgan fingerprint density at radius 3 is 2.36 bits per heavy atom. The van der Waals surface area contributed by atoms with Gasteiger partial charge in [-0.05, 0) is 55.2 Å². The molecule has 1 fully saturated rings. The summed E-state index contributed by atoms with van der Waals surface area (Å²) in [4.78, 5) is 11.9. The van der Waals surface area contributed by atoms with E-state index < -0.39 is 0 Å². The number of carbonyl (C=O) groups is 1. The minimum Gasteiger partial charge on any atom is -0.355 e. The molecule has 0 atom stereocenters. The van der Waals surface area contributed by atoms with Gasteiger partial charge < -0.3 is 10.6 Å². The first kappa shape index (κ1) is 14.6. The zero-order chi connectivity index (χ0) is 15.4. The smallest absolute Gasteiger partial charge is 0.227 e. The summed E-state index contributed by atoms with van der Waals surface area (Å²) in [6, 6.07) is 16.2. The van der Waals surface area contributed by atoms with Gasteiger partial charge in [-0.15, -0.1) is 0 Å². The van der Waals surface area contributed by atoms with Crippen molar-refractivity contribution in [1.82, 2.24) is 0 Å². The molecule has 1 amide bonds. The summed E-state index contributed by atoms with van der Waals surface area (Å²) in [6.07, 6.45) is 4.23. The second kappa shape index (κ2) is 6.65. The molecule has 0 spiro atoms. The summed E-state index contributed by atoms with van der Waals surface area (Å²) in [5.41, 5.74) is 4.33. The zero-order valence-electron chi connectivity index (χ0n) is 12.9. The number of benzene rings is 2. The molecule has 0 radical (unpaired) electrons. The third-order valence-corrected chi connectivity index (χ3v) is 4.31. The lowest BCUT2D eigenvalue weighted by molar-refractivity contribution is -0.122. The van der Waals surface area contributed by atoms with E-state index in [4.69, 9.17) is 0 Å². The van der Waals surface area contributed by atoms with E-state index in [1.807, 2.05) is 30.3 Å². The Morgan fingerprint density at radius 2 is 1.73 bits per heavy atom. The highest BCUT2D eigenvalue weighted by molar-refractivity contribution is 5.93. The van der Waals surface area contributed by atoms with E-state index in [9.17, 15) is 4.79 Å². The molecule has 2 aromatic carbocycles. The van der Waals surface area contributed by atoms with Gasteiger partial charge in [0.05, 0.1) is 0 Å². The average molecular weight is 294 g/mol. The Hall–Kier alpha value is -2.29. The van der Waals surface area contributed by atoms with Crippen molar-refractivity contribution < 1.29 is 4.79 Å². The van der Waals surface area contributed by atoms with Crippen LogP contribution in [-0.4, -0.2) is 5.91 Å². The minimum absolute atomic E-state index is 0.156. The summed E-state index contributed by atoms with van der Waals surface area (Å²) >= 11 is 0. The Morgan fingerprint density at radius 1 is 1.05 bits per heavy atom. The van der Waals surface area contributed by atoms with Crippen molar-refractivity contribution in [3.8, 4) is 0 Å². The molecule has 0 unspecified atom stereocenters. The maximum absolute atomic E-state index is 11.9. The Bertz CT molecular complexity index is 645. The predicted octanol–water partition coefficient (Wildman–Crippen LogP) is 4.73. The minimum atomic E-state index is 0.156. The van der Waals surface area contributed by atoms with E-state index in [0.717, 1.165) is 36.3 Å². The number of amides is 1. The zero-order valence-corrected chi connectivity index (χ0v) is 12.9. The van der Waals surface area contributed by atoms with E-state index >= 15 is 0 Å². The van der Waals surface area contributed by atoms with Crippen LogP contribution in [0.15, 0.2) is 48.5 Å². The average Bonchev–Trinajstić information content (AvgIpc) is 2.48. The van der Waals surface area contributed by atoms with Gasteiger partial charge in [0.1, 0.15) is 0 Å². The van der Waals surface area contributed by atoms with Gasteiger partial charge in [-0.2, -0.15) is 0 Å². The fourth-order valence-corrected chi connectivity index (χ4v) is 2.66. The molecule has 1 aliphatic rings. The quantitative estimate of drug-likeness (QED) is 0.837. The third-order valence-electron chi connectivity index (χ3n) is 4.31. The van der Waals surface area contributed by atoms with Crippen LogP contribution in [0.25, 0.3) is 0 Å². The number of rotatable bonds is 5. The Balaban J connectivity index is 1.65. The summed E-state index contributed by atoms with van der Waals surface area (Å²) in [5, 5.41) is 6.43. The van der Waals surface area contributed by atoms with Gasteiger partial charge in [-0.25, -0.2) is 0 Å². The molecule has 0 heterocycles. The highest BCUT2D eigenvalue weighted by Gasteiger charge is 2.24. The Kier molecular flexibility index (Phi) is 4.42. The number of anilines is 3. The molecular formula is C19H22N2O. The fraction of sp³-hybridized carbons (Fsp3) is 0.316. The SMILES string of the molecule is CCc1ccccc1Nc1ccc(NC(=O)C2CCC2)cc1. The van der Waals surface area contributed by atoms with E-state index in [1.165, 1.54) is 12.0 Å². The van der Waals surface area contributed by atoms with Crippen LogP contribution >= 0.6 is 0 Å². The summed E-state index contributed by atoms with van der Waals surface area (Å²) in [5.74, 6) is 0.373. The topological polar surface area (TPSA) is 41.1 Å². The van der Waals surface area contributed by atoms with E-state index in [2.05, 4.69) is 35.8 Å². The normalized spacial score (nSPS) is 14.2. The highest BCUT2D eigenvalue weighted by Crippen LogP contribution is 2.28. The molecule has 0 bridgehead atoms. The van der Waals surface area contributed by atoms with Crippen LogP contribution in [0.2, 0.25) is 0 Å². The molecule has 0 saturated heterocycles. The van der Waals surface area contributed by atoms with Crippen LogP contribution in [0.5, 0.6) is 0 Å². The van der Waals surface area contributed by atoms with Crippen LogP contribution < -0.4 is 10.6 Å². The van der Waals surface area contributed by atoms with Gasteiger partial charge in [0.25, 0.3) is 0 Å². The molecule has 114 valence electrons. The second-order valence-electron chi connectivity index (χ2n) is 5.83. The van der Waals surface area contributed by atoms with Gasteiger partial charge in [0.2, 0.25) is 5.91 Å². The Labute approximate surface area is 131 Å². The van der Waals surface area contributed by atoms with Crippen molar-refractivity contribution >= 4 is 23.0 Å². The molecule has 3 nitrogen and oxygen atoms in total. The van der Waals surface area contributed by atoms with E-state index in [1.54, 1.807) is 0 Å². The van der Waals surface area contributed by atoms with Crippen molar-refractivity contribution in [2.75, 3.05) is 10.6 Å². The first-order valence-electron chi connectivity index (χ1n) is 8.02. The molecular weight excluding hydrogens is 272 g/mol. The maximum atomic E-state index is 11.9. The first-order chi connectivity index (χ1) is 10.8. The van der Waals surface area contributed by atoms with Crippen molar-refractivity contribution in [3.05, 3.63) is 54.1 Å². The second-order valence-corrected chi connectivity index (χ2v) is 5.83. The predicted molar refractivity (Wildman–Crippen MR) is 91.5 cm³/mol. The van der Waals surface area contributed by atoms with E-state index in [-0.39, 0.29) is 11.8 Å². The van der Waals surface area contributed by atoms with Crippen LogP contribution in [0.1, 0.15) is 31.7 Å². The fourth-order valence-electron chi connectivity index (χ4n) is 2.66. The van der Waals surface area contributed by atoms with Crippen LogP contribution in [0, 0.1) is 5.92 Å². The largest absolute Gasteiger partial charge is 0.355 e. The maximum Gasteiger partial charge on any atom is 0.227 e. The van der Waals surface area contributed by atoms with Crippen LogP contribution in [0.3, 0.4) is 0 Å². The van der Waals surface area contributed by atoms with Crippen molar-refractivity contribution in [1.29, 1.82) is 0 Å². The van der Waals surface area contributed by atoms with Crippen molar-refractivity contribution in [2.45, 2.75) is 32.6 Å². The third kappa shape index (κ3) is 3.30. The van der Waals surface area contributed by atoms with Gasteiger partial charge in [0, 0.05) is 23.0 Å².